The number of rotatable bonds is 3. The Bertz CT molecular complexity index is 651. The molecule has 2 N–H and O–H groups in total. The summed E-state index contributed by atoms with van der Waals surface area (Å²) in [5.74, 6) is 0.0200. The Labute approximate surface area is 119 Å². The van der Waals surface area contributed by atoms with E-state index in [1.54, 1.807) is 0 Å². The van der Waals surface area contributed by atoms with Crippen LogP contribution in [0.3, 0.4) is 0 Å². The molecule has 2 aromatic rings. The van der Waals surface area contributed by atoms with E-state index >= 15 is 0 Å². The maximum Gasteiger partial charge on any atom is 0.246 e. The van der Waals surface area contributed by atoms with E-state index in [-0.39, 0.29) is 18.0 Å². The second-order valence-corrected chi connectivity index (χ2v) is 5.25. The zero-order chi connectivity index (χ0) is 14.1. The molecule has 2 aromatic carbocycles. The predicted octanol–water partition coefficient (Wildman–Crippen LogP) is 3.34. The Morgan fingerprint density at radius 1 is 1.10 bits per heavy atom. The predicted molar refractivity (Wildman–Crippen MR) is 80.5 cm³/mol. The molecule has 0 aromatic heterocycles. The lowest BCUT2D eigenvalue weighted by molar-refractivity contribution is -0.117. The average Bonchev–Trinajstić information content (AvgIpc) is 2.76. The molecule has 2 unspecified atom stereocenters. The van der Waals surface area contributed by atoms with Crippen LogP contribution in [0.15, 0.2) is 48.5 Å². The normalized spacial score (nSPS) is 18.5. The molecule has 0 aliphatic carbocycles. The minimum Gasteiger partial charge on any atom is -0.324 e. The highest BCUT2D eigenvalue weighted by Crippen LogP contribution is 2.32. The van der Waals surface area contributed by atoms with Crippen LogP contribution in [-0.2, 0) is 4.79 Å². The highest BCUT2D eigenvalue weighted by atomic mass is 16.2. The summed E-state index contributed by atoms with van der Waals surface area (Å²) in [6, 6.07) is 15.9. The number of benzene rings is 2. The number of hydrogen-bond donors (Lipinski definition) is 2. The maximum atomic E-state index is 12.1. The number of fused-ring (bicyclic) bond motifs is 1. The van der Waals surface area contributed by atoms with Crippen molar-refractivity contribution in [2.45, 2.75) is 25.9 Å². The van der Waals surface area contributed by atoms with Gasteiger partial charge in [0.05, 0.1) is 0 Å². The highest BCUT2D eigenvalue weighted by molar-refractivity contribution is 6.02. The highest BCUT2D eigenvalue weighted by Gasteiger charge is 2.31. The van der Waals surface area contributed by atoms with Gasteiger partial charge >= 0.3 is 0 Å². The van der Waals surface area contributed by atoms with Crippen LogP contribution in [0.1, 0.15) is 35.7 Å². The number of carbonyl (C=O) groups excluding carboxylic acids is 1. The Morgan fingerprint density at radius 3 is 2.60 bits per heavy atom. The molecule has 3 rings (SSSR count). The fraction of sp³-hybridized carbons (Fsp3) is 0.235. The molecule has 1 amide bonds. The van der Waals surface area contributed by atoms with E-state index in [0.29, 0.717) is 0 Å². The average molecular weight is 266 g/mol. The van der Waals surface area contributed by atoms with Gasteiger partial charge in [-0.3, -0.25) is 10.1 Å². The van der Waals surface area contributed by atoms with E-state index in [0.717, 1.165) is 11.3 Å². The molecule has 1 aliphatic rings. The van der Waals surface area contributed by atoms with Gasteiger partial charge in [-0.1, -0.05) is 42.5 Å². The molecular formula is C17H18N2O. The minimum atomic E-state index is -0.277. The van der Waals surface area contributed by atoms with Crippen molar-refractivity contribution in [3.63, 3.8) is 0 Å². The van der Waals surface area contributed by atoms with E-state index < -0.39 is 0 Å². The van der Waals surface area contributed by atoms with Gasteiger partial charge in [0, 0.05) is 17.3 Å². The number of hydrogen-bond acceptors (Lipinski definition) is 2. The Kier molecular flexibility index (Phi) is 3.28. The second-order valence-electron chi connectivity index (χ2n) is 5.25. The Hall–Kier alpha value is -2.13. The first-order valence-corrected chi connectivity index (χ1v) is 6.88. The molecule has 1 aliphatic heterocycles. The third-order valence-corrected chi connectivity index (χ3v) is 3.86. The van der Waals surface area contributed by atoms with Crippen LogP contribution >= 0.6 is 0 Å². The van der Waals surface area contributed by atoms with E-state index in [1.807, 2.05) is 36.4 Å². The molecule has 3 nitrogen and oxygen atoms in total. The van der Waals surface area contributed by atoms with Crippen LogP contribution in [0, 0.1) is 6.92 Å². The van der Waals surface area contributed by atoms with Crippen LogP contribution in [0.2, 0.25) is 0 Å². The van der Waals surface area contributed by atoms with Gasteiger partial charge < -0.3 is 5.32 Å². The summed E-state index contributed by atoms with van der Waals surface area (Å²) in [7, 11) is 0. The van der Waals surface area contributed by atoms with Gasteiger partial charge in [-0.15, -0.1) is 0 Å². The van der Waals surface area contributed by atoms with Crippen molar-refractivity contribution < 1.29 is 4.79 Å². The topological polar surface area (TPSA) is 41.1 Å². The van der Waals surface area contributed by atoms with Gasteiger partial charge in [0.2, 0.25) is 5.91 Å². The summed E-state index contributed by atoms with van der Waals surface area (Å²) in [6.45, 7) is 4.19. The van der Waals surface area contributed by atoms with E-state index in [1.165, 1.54) is 11.1 Å². The number of para-hydroxylation sites is 1. The summed E-state index contributed by atoms with van der Waals surface area (Å²) in [6.07, 6.45) is 0. The third-order valence-electron chi connectivity index (χ3n) is 3.86. The van der Waals surface area contributed by atoms with Crippen molar-refractivity contribution in [3.8, 4) is 0 Å². The van der Waals surface area contributed by atoms with E-state index in [2.05, 4.69) is 36.6 Å². The van der Waals surface area contributed by atoms with Crippen LogP contribution in [0.5, 0.6) is 0 Å². The number of amides is 1. The van der Waals surface area contributed by atoms with Crippen molar-refractivity contribution in [3.05, 3.63) is 65.2 Å². The molecule has 0 saturated heterocycles. The quantitative estimate of drug-likeness (QED) is 0.894. The first-order chi connectivity index (χ1) is 9.66. The summed E-state index contributed by atoms with van der Waals surface area (Å²) in [4.78, 5) is 12.1. The molecule has 102 valence electrons. The molecule has 2 atom stereocenters. The number of anilines is 1. The lowest BCUT2D eigenvalue weighted by Gasteiger charge is -2.20. The number of carbonyl (C=O) groups is 1. The zero-order valence-corrected chi connectivity index (χ0v) is 11.7. The first kappa shape index (κ1) is 12.9. The van der Waals surface area contributed by atoms with Gasteiger partial charge in [0.1, 0.15) is 6.04 Å². The van der Waals surface area contributed by atoms with E-state index in [4.69, 9.17) is 0 Å². The van der Waals surface area contributed by atoms with Crippen molar-refractivity contribution in [1.29, 1.82) is 0 Å². The smallest absolute Gasteiger partial charge is 0.246 e. The van der Waals surface area contributed by atoms with Crippen molar-refractivity contribution in [2.75, 3.05) is 5.32 Å². The zero-order valence-electron chi connectivity index (χ0n) is 11.7. The van der Waals surface area contributed by atoms with Gasteiger partial charge in [0.25, 0.3) is 0 Å². The fourth-order valence-electron chi connectivity index (χ4n) is 2.79. The van der Waals surface area contributed by atoms with Gasteiger partial charge in [-0.2, -0.15) is 0 Å². The third kappa shape index (κ3) is 2.21. The second kappa shape index (κ2) is 5.10. The van der Waals surface area contributed by atoms with Gasteiger partial charge in [0.15, 0.2) is 0 Å². The molecule has 1 heterocycles. The Morgan fingerprint density at radius 2 is 1.80 bits per heavy atom. The monoisotopic (exact) mass is 266 g/mol. The lowest BCUT2D eigenvalue weighted by atomic mass is 10.0. The summed E-state index contributed by atoms with van der Waals surface area (Å²) in [5, 5.41) is 6.35. The Balaban J connectivity index is 1.85. The molecule has 0 fully saturated rings. The molecule has 3 heteroatoms. The van der Waals surface area contributed by atoms with Crippen LogP contribution in [-0.4, -0.2) is 5.91 Å². The molecule has 0 radical (unpaired) electrons. The summed E-state index contributed by atoms with van der Waals surface area (Å²) in [5.41, 5.74) is 4.40. The maximum absolute atomic E-state index is 12.1. The molecule has 0 bridgehead atoms. The molecule has 20 heavy (non-hydrogen) atoms. The van der Waals surface area contributed by atoms with Crippen molar-refractivity contribution >= 4 is 11.6 Å². The van der Waals surface area contributed by atoms with Gasteiger partial charge in [-0.05, 0) is 31.0 Å². The molecular weight excluding hydrogens is 248 g/mol. The van der Waals surface area contributed by atoms with Crippen molar-refractivity contribution in [1.82, 2.24) is 5.32 Å². The largest absolute Gasteiger partial charge is 0.324 e. The van der Waals surface area contributed by atoms with Gasteiger partial charge in [-0.25, -0.2) is 0 Å². The lowest BCUT2D eigenvalue weighted by Crippen LogP contribution is -2.30. The van der Waals surface area contributed by atoms with E-state index in [9.17, 15) is 4.79 Å². The summed E-state index contributed by atoms with van der Waals surface area (Å²) >= 11 is 0. The first-order valence-electron chi connectivity index (χ1n) is 6.88. The van der Waals surface area contributed by atoms with Crippen LogP contribution in [0.4, 0.5) is 5.69 Å². The van der Waals surface area contributed by atoms with Crippen LogP contribution in [0.25, 0.3) is 0 Å². The standard InChI is InChI=1S/C17H18N2O/c1-11-7-3-4-8-13(11)12(2)18-16-14-9-5-6-10-15(14)19-17(16)20/h3-10,12,16,18H,1-2H3,(H,19,20). The molecule has 0 spiro atoms. The fourth-order valence-corrected chi connectivity index (χ4v) is 2.79. The number of aryl methyl sites for hydroxylation is 1. The minimum absolute atomic E-state index is 0.0200. The SMILES string of the molecule is Cc1ccccc1C(C)NC1C(=O)Nc2ccccc21. The van der Waals surface area contributed by atoms with Crippen molar-refractivity contribution in [2.24, 2.45) is 0 Å². The number of nitrogens with one attached hydrogen (secondary N) is 2. The van der Waals surface area contributed by atoms with Crippen LogP contribution < -0.4 is 10.6 Å². The molecule has 0 saturated carbocycles. The summed E-state index contributed by atoms with van der Waals surface area (Å²) < 4.78 is 0.